The van der Waals surface area contributed by atoms with Crippen molar-refractivity contribution in [1.82, 2.24) is 4.31 Å². The van der Waals surface area contributed by atoms with Crippen molar-refractivity contribution in [3.8, 4) is 11.5 Å². The van der Waals surface area contributed by atoms with Crippen LogP contribution in [-0.4, -0.2) is 31.2 Å². The molecule has 8 heteroatoms. The van der Waals surface area contributed by atoms with Crippen LogP contribution in [0.15, 0.2) is 41.3 Å². The van der Waals surface area contributed by atoms with Crippen LogP contribution in [0.4, 0.5) is 5.69 Å². The first-order chi connectivity index (χ1) is 12.9. The monoisotopic (exact) mass is 406 g/mol. The van der Waals surface area contributed by atoms with E-state index in [1.165, 1.54) is 22.5 Å². The van der Waals surface area contributed by atoms with Gasteiger partial charge >= 0.3 is 0 Å². The number of carbonyl (C=O) groups excluding carboxylic acids is 1. The number of nitrogens with zero attached hydrogens (tertiary/aromatic N) is 1. The highest BCUT2D eigenvalue weighted by atomic mass is 35.5. The lowest BCUT2D eigenvalue weighted by atomic mass is 10.1. The fourth-order valence-electron chi connectivity index (χ4n) is 3.50. The van der Waals surface area contributed by atoms with E-state index in [1.807, 2.05) is 6.92 Å². The van der Waals surface area contributed by atoms with E-state index in [0.29, 0.717) is 28.8 Å². The first-order valence-electron chi connectivity index (χ1n) is 8.81. The molecule has 1 atom stereocenters. The number of hydrogen-bond donors (Lipinski definition) is 1. The number of anilines is 1. The summed E-state index contributed by atoms with van der Waals surface area (Å²) in [6.45, 7) is 2.41. The third-order valence-electron chi connectivity index (χ3n) is 4.95. The Morgan fingerprint density at radius 2 is 1.93 bits per heavy atom. The number of fused-ring (bicyclic) bond motifs is 2. The van der Waals surface area contributed by atoms with Crippen molar-refractivity contribution < 1.29 is 17.9 Å². The second-order valence-corrected chi connectivity index (χ2v) is 9.14. The zero-order chi connectivity index (χ0) is 19.2. The molecule has 6 nitrogen and oxygen atoms in total. The summed E-state index contributed by atoms with van der Waals surface area (Å²) in [5.74, 6) is 0.320. The summed E-state index contributed by atoms with van der Waals surface area (Å²) < 4.78 is 33.5. The van der Waals surface area contributed by atoms with Crippen LogP contribution in [0, 0.1) is 0 Å². The van der Waals surface area contributed by atoms with Gasteiger partial charge in [0.1, 0.15) is 5.75 Å². The molecule has 0 aliphatic carbocycles. The lowest BCUT2D eigenvalue weighted by Crippen LogP contribution is -2.41. The second kappa shape index (κ2) is 6.82. The summed E-state index contributed by atoms with van der Waals surface area (Å²) in [5, 5.41) is 3.19. The van der Waals surface area contributed by atoms with Crippen molar-refractivity contribution >= 4 is 33.2 Å². The summed E-state index contributed by atoms with van der Waals surface area (Å²) >= 11 is 5.98. The standard InChI is InChI=1S/C19H19ClN2O4S/c1-12-4-2-3-9-22(12)27(24,25)14-6-8-17-15(11-14)19(23)21-16-10-13(20)5-7-18(16)26-17/h5-8,10-12H,2-4,9H2,1H3,(H,21,23)/t12-/m1/s1. The molecule has 1 fully saturated rings. The van der Waals surface area contributed by atoms with Crippen molar-refractivity contribution in [3.05, 3.63) is 47.0 Å². The second-order valence-electron chi connectivity index (χ2n) is 6.82. The number of amides is 1. The first-order valence-corrected chi connectivity index (χ1v) is 10.6. The Kier molecular flexibility index (Phi) is 4.61. The largest absolute Gasteiger partial charge is 0.454 e. The molecule has 2 aliphatic rings. The highest BCUT2D eigenvalue weighted by Gasteiger charge is 2.32. The normalized spacial score (nSPS) is 20.1. The molecule has 142 valence electrons. The average molecular weight is 407 g/mol. The van der Waals surface area contributed by atoms with E-state index < -0.39 is 15.9 Å². The van der Waals surface area contributed by atoms with Crippen molar-refractivity contribution in [2.75, 3.05) is 11.9 Å². The lowest BCUT2D eigenvalue weighted by molar-refractivity contribution is 0.102. The summed E-state index contributed by atoms with van der Waals surface area (Å²) in [5.41, 5.74) is 0.616. The number of piperidine rings is 1. The maximum atomic E-state index is 13.1. The molecule has 2 heterocycles. The molecule has 2 aromatic carbocycles. The van der Waals surface area contributed by atoms with E-state index >= 15 is 0 Å². The third-order valence-corrected chi connectivity index (χ3v) is 7.20. The molecule has 2 aliphatic heterocycles. The van der Waals surface area contributed by atoms with Gasteiger partial charge in [0.05, 0.1) is 16.1 Å². The van der Waals surface area contributed by atoms with Crippen LogP contribution in [-0.2, 0) is 10.0 Å². The van der Waals surface area contributed by atoms with Gasteiger partial charge in [-0.15, -0.1) is 0 Å². The Morgan fingerprint density at radius 1 is 1.15 bits per heavy atom. The highest BCUT2D eigenvalue weighted by molar-refractivity contribution is 7.89. The number of carbonyl (C=O) groups is 1. The van der Waals surface area contributed by atoms with Crippen LogP contribution in [0.2, 0.25) is 5.02 Å². The molecule has 1 N–H and O–H groups in total. The number of benzene rings is 2. The van der Waals surface area contributed by atoms with E-state index in [4.69, 9.17) is 16.3 Å². The minimum absolute atomic E-state index is 0.0565. The molecule has 1 amide bonds. The van der Waals surface area contributed by atoms with Crippen molar-refractivity contribution in [1.29, 1.82) is 0 Å². The Hall–Kier alpha value is -2.09. The molecule has 0 spiro atoms. The minimum atomic E-state index is -3.68. The SMILES string of the molecule is C[C@@H]1CCCCN1S(=O)(=O)c1ccc2c(c1)C(=O)Nc1cc(Cl)ccc1O2. The van der Waals surface area contributed by atoms with Crippen LogP contribution in [0.5, 0.6) is 11.5 Å². The maximum absolute atomic E-state index is 13.1. The number of rotatable bonds is 2. The van der Waals surface area contributed by atoms with E-state index in [1.54, 1.807) is 18.2 Å². The number of nitrogens with one attached hydrogen (secondary N) is 1. The van der Waals surface area contributed by atoms with Crippen molar-refractivity contribution in [2.45, 2.75) is 37.1 Å². The van der Waals surface area contributed by atoms with E-state index in [2.05, 4.69) is 5.32 Å². The Bertz CT molecular complexity index is 1020. The molecule has 0 unspecified atom stereocenters. The summed E-state index contributed by atoms with van der Waals surface area (Å²) in [4.78, 5) is 12.8. The third kappa shape index (κ3) is 3.31. The van der Waals surface area contributed by atoms with Crippen molar-refractivity contribution in [2.24, 2.45) is 0 Å². The Balaban J connectivity index is 1.73. The molecule has 27 heavy (non-hydrogen) atoms. The van der Waals surface area contributed by atoms with Crippen LogP contribution in [0.25, 0.3) is 0 Å². The van der Waals surface area contributed by atoms with Crippen LogP contribution in [0.1, 0.15) is 36.5 Å². The topological polar surface area (TPSA) is 75.7 Å². The van der Waals surface area contributed by atoms with Gasteiger partial charge < -0.3 is 10.1 Å². The summed E-state index contributed by atoms with van der Waals surface area (Å²) in [6, 6.07) is 9.26. The minimum Gasteiger partial charge on any atom is -0.454 e. The number of halogens is 1. The fourth-order valence-corrected chi connectivity index (χ4v) is 5.40. The van der Waals surface area contributed by atoms with Crippen LogP contribution >= 0.6 is 11.6 Å². The number of hydrogen-bond acceptors (Lipinski definition) is 4. The molecule has 0 bridgehead atoms. The highest BCUT2D eigenvalue weighted by Crippen LogP contribution is 2.38. The smallest absolute Gasteiger partial charge is 0.259 e. The summed E-state index contributed by atoms with van der Waals surface area (Å²) in [6.07, 6.45) is 2.70. The van der Waals surface area contributed by atoms with Crippen LogP contribution < -0.4 is 10.1 Å². The Labute approximate surface area is 163 Å². The number of ether oxygens (including phenoxy) is 1. The zero-order valence-electron chi connectivity index (χ0n) is 14.7. The average Bonchev–Trinajstić information content (AvgIpc) is 2.77. The Morgan fingerprint density at radius 3 is 2.70 bits per heavy atom. The summed E-state index contributed by atoms with van der Waals surface area (Å²) in [7, 11) is -3.68. The maximum Gasteiger partial charge on any atom is 0.259 e. The molecular formula is C19H19ClN2O4S. The quantitative estimate of drug-likeness (QED) is 0.808. The van der Waals surface area contributed by atoms with Crippen LogP contribution in [0.3, 0.4) is 0 Å². The zero-order valence-corrected chi connectivity index (χ0v) is 16.3. The van der Waals surface area contributed by atoms with Crippen molar-refractivity contribution in [3.63, 3.8) is 0 Å². The van der Waals surface area contributed by atoms with Gasteiger partial charge in [-0.1, -0.05) is 18.0 Å². The van der Waals surface area contributed by atoms with Gasteiger partial charge in [-0.2, -0.15) is 4.31 Å². The van der Waals surface area contributed by atoms with Gasteiger partial charge in [0, 0.05) is 17.6 Å². The fraction of sp³-hybridized carbons (Fsp3) is 0.316. The predicted molar refractivity (Wildman–Crippen MR) is 103 cm³/mol. The predicted octanol–water partition coefficient (Wildman–Crippen LogP) is 4.26. The van der Waals surface area contributed by atoms with Gasteiger partial charge in [-0.3, -0.25) is 4.79 Å². The van der Waals surface area contributed by atoms with E-state index in [0.717, 1.165) is 19.3 Å². The van der Waals surface area contributed by atoms with E-state index in [9.17, 15) is 13.2 Å². The molecule has 0 aromatic heterocycles. The van der Waals surface area contributed by atoms with Gasteiger partial charge in [-0.25, -0.2) is 8.42 Å². The molecule has 0 saturated carbocycles. The first kappa shape index (κ1) is 18.3. The van der Waals surface area contributed by atoms with Gasteiger partial charge in [0.25, 0.3) is 5.91 Å². The van der Waals surface area contributed by atoms with Gasteiger partial charge in [0.2, 0.25) is 10.0 Å². The molecule has 2 aromatic rings. The lowest BCUT2D eigenvalue weighted by Gasteiger charge is -2.32. The van der Waals surface area contributed by atoms with E-state index in [-0.39, 0.29) is 16.5 Å². The molecule has 0 radical (unpaired) electrons. The molecular weight excluding hydrogens is 388 g/mol. The van der Waals surface area contributed by atoms with Gasteiger partial charge in [-0.05, 0) is 56.2 Å². The van der Waals surface area contributed by atoms with Gasteiger partial charge in [0.15, 0.2) is 5.75 Å². The molecule has 1 saturated heterocycles. The number of sulfonamides is 1. The molecule has 4 rings (SSSR count).